The summed E-state index contributed by atoms with van der Waals surface area (Å²) >= 11 is 0. The van der Waals surface area contributed by atoms with Gasteiger partial charge in [0.05, 0.1) is 5.69 Å². The predicted molar refractivity (Wildman–Crippen MR) is 104 cm³/mol. The number of hydrogen-bond acceptors (Lipinski definition) is 2. The SMILES string of the molecule is Cc1cc(C)c(NC(=O)c2nn(-c3ccc(F)cc3)c3c2CCC3)c(C)c1. The van der Waals surface area contributed by atoms with Crippen LogP contribution in [0.3, 0.4) is 0 Å². The van der Waals surface area contributed by atoms with Gasteiger partial charge in [0, 0.05) is 16.9 Å². The third-order valence-electron chi connectivity index (χ3n) is 5.13. The quantitative estimate of drug-likeness (QED) is 0.735. The Kier molecular flexibility index (Phi) is 4.30. The zero-order valence-corrected chi connectivity index (χ0v) is 15.8. The zero-order chi connectivity index (χ0) is 19.1. The summed E-state index contributed by atoms with van der Waals surface area (Å²) in [7, 11) is 0. The van der Waals surface area contributed by atoms with Crippen LogP contribution in [0.25, 0.3) is 5.69 Å². The number of carbonyl (C=O) groups is 1. The highest BCUT2D eigenvalue weighted by Gasteiger charge is 2.27. The summed E-state index contributed by atoms with van der Waals surface area (Å²) in [6.45, 7) is 6.04. The molecule has 0 atom stereocenters. The largest absolute Gasteiger partial charge is 0.320 e. The van der Waals surface area contributed by atoms with Crippen molar-refractivity contribution in [3.8, 4) is 5.69 Å². The summed E-state index contributed by atoms with van der Waals surface area (Å²) in [6.07, 6.45) is 2.71. The molecule has 138 valence electrons. The smallest absolute Gasteiger partial charge is 0.276 e. The van der Waals surface area contributed by atoms with Crippen molar-refractivity contribution >= 4 is 11.6 Å². The van der Waals surface area contributed by atoms with E-state index in [9.17, 15) is 9.18 Å². The zero-order valence-electron chi connectivity index (χ0n) is 15.8. The molecule has 4 nitrogen and oxygen atoms in total. The number of fused-ring (bicyclic) bond motifs is 1. The molecule has 0 bridgehead atoms. The van der Waals surface area contributed by atoms with Crippen molar-refractivity contribution in [2.75, 3.05) is 5.32 Å². The molecule has 4 rings (SSSR count). The lowest BCUT2D eigenvalue weighted by Crippen LogP contribution is -2.16. The summed E-state index contributed by atoms with van der Waals surface area (Å²) in [5.41, 5.74) is 7.37. The number of halogens is 1. The van der Waals surface area contributed by atoms with Crippen LogP contribution in [0.5, 0.6) is 0 Å². The molecule has 1 aliphatic carbocycles. The fourth-order valence-electron chi connectivity index (χ4n) is 3.97. The Bertz CT molecular complexity index is 1010. The molecule has 0 unspecified atom stereocenters. The maximum Gasteiger partial charge on any atom is 0.276 e. The van der Waals surface area contributed by atoms with E-state index in [1.165, 1.54) is 17.7 Å². The second-order valence-electron chi connectivity index (χ2n) is 7.24. The molecule has 1 aliphatic rings. The lowest BCUT2D eigenvalue weighted by molar-refractivity contribution is 0.102. The average Bonchev–Trinajstić information content (AvgIpc) is 3.21. The van der Waals surface area contributed by atoms with Gasteiger partial charge >= 0.3 is 0 Å². The molecule has 0 fully saturated rings. The van der Waals surface area contributed by atoms with Gasteiger partial charge in [0.2, 0.25) is 0 Å². The van der Waals surface area contributed by atoms with Gasteiger partial charge in [0.1, 0.15) is 5.82 Å². The molecule has 0 saturated carbocycles. The lowest BCUT2D eigenvalue weighted by Gasteiger charge is -2.12. The van der Waals surface area contributed by atoms with Crippen LogP contribution < -0.4 is 5.32 Å². The number of nitrogens with zero attached hydrogens (tertiary/aromatic N) is 2. The molecule has 0 spiro atoms. The second-order valence-corrected chi connectivity index (χ2v) is 7.24. The normalized spacial score (nSPS) is 12.9. The van der Waals surface area contributed by atoms with Crippen LogP contribution in [-0.2, 0) is 12.8 Å². The number of carbonyl (C=O) groups excluding carboxylic acids is 1. The van der Waals surface area contributed by atoms with E-state index in [1.807, 2.05) is 20.8 Å². The van der Waals surface area contributed by atoms with Gasteiger partial charge in [0.25, 0.3) is 5.91 Å². The molecule has 3 aromatic rings. The molecule has 27 heavy (non-hydrogen) atoms. The summed E-state index contributed by atoms with van der Waals surface area (Å²) in [6, 6.07) is 10.3. The van der Waals surface area contributed by atoms with Crippen LogP contribution in [0.15, 0.2) is 36.4 Å². The minimum atomic E-state index is -0.286. The van der Waals surface area contributed by atoms with E-state index < -0.39 is 0 Å². The summed E-state index contributed by atoms with van der Waals surface area (Å²) in [5, 5.41) is 7.64. The molecule has 0 saturated heterocycles. The third-order valence-corrected chi connectivity index (χ3v) is 5.13. The maximum atomic E-state index is 13.3. The van der Waals surface area contributed by atoms with Crippen molar-refractivity contribution in [1.29, 1.82) is 0 Å². The van der Waals surface area contributed by atoms with Crippen LogP contribution in [-0.4, -0.2) is 15.7 Å². The summed E-state index contributed by atoms with van der Waals surface area (Å²) in [4.78, 5) is 13.0. The first-order valence-electron chi connectivity index (χ1n) is 9.20. The Morgan fingerprint density at radius 3 is 2.41 bits per heavy atom. The molecule has 0 radical (unpaired) electrons. The van der Waals surface area contributed by atoms with Crippen LogP contribution >= 0.6 is 0 Å². The molecule has 1 amide bonds. The van der Waals surface area contributed by atoms with E-state index in [2.05, 4.69) is 22.5 Å². The molecule has 0 aliphatic heterocycles. The van der Waals surface area contributed by atoms with Crippen LogP contribution in [0.4, 0.5) is 10.1 Å². The van der Waals surface area contributed by atoms with E-state index in [-0.39, 0.29) is 11.7 Å². The Hall–Kier alpha value is -2.95. The van der Waals surface area contributed by atoms with Gasteiger partial charge in [-0.3, -0.25) is 4.79 Å². The highest BCUT2D eigenvalue weighted by Crippen LogP contribution is 2.29. The van der Waals surface area contributed by atoms with Crippen LogP contribution in [0, 0.1) is 26.6 Å². The van der Waals surface area contributed by atoms with Crippen molar-refractivity contribution in [3.63, 3.8) is 0 Å². The van der Waals surface area contributed by atoms with Crippen molar-refractivity contribution < 1.29 is 9.18 Å². The number of amides is 1. The van der Waals surface area contributed by atoms with Gasteiger partial charge in [0.15, 0.2) is 5.69 Å². The van der Waals surface area contributed by atoms with E-state index >= 15 is 0 Å². The molecular formula is C22H22FN3O. The predicted octanol–water partition coefficient (Wildman–Crippen LogP) is 4.68. The molecule has 5 heteroatoms. The first kappa shape index (κ1) is 17.5. The van der Waals surface area contributed by atoms with Gasteiger partial charge in [-0.2, -0.15) is 5.10 Å². The molecule has 1 heterocycles. The third kappa shape index (κ3) is 3.14. The highest BCUT2D eigenvalue weighted by atomic mass is 19.1. The van der Waals surface area contributed by atoms with Crippen molar-refractivity contribution in [2.45, 2.75) is 40.0 Å². The van der Waals surface area contributed by atoms with E-state index in [0.29, 0.717) is 5.69 Å². The minimum absolute atomic E-state index is 0.191. The number of aryl methyl sites for hydroxylation is 3. The van der Waals surface area contributed by atoms with Crippen molar-refractivity contribution in [2.24, 2.45) is 0 Å². The Morgan fingerprint density at radius 2 is 1.74 bits per heavy atom. The topological polar surface area (TPSA) is 46.9 Å². The molecule has 1 N–H and O–H groups in total. The lowest BCUT2D eigenvalue weighted by atomic mass is 10.0. The molecule has 1 aromatic heterocycles. The number of aromatic nitrogens is 2. The van der Waals surface area contributed by atoms with Gasteiger partial charge in [-0.15, -0.1) is 0 Å². The highest BCUT2D eigenvalue weighted by molar-refractivity contribution is 6.05. The number of rotatable bonds is 3. The second kappa shape index (κ2) is 6.65. The van der Waals surface area contributed by atoms with Crippen molar-refractivity contribution in [3.05, 3.63) is 75.9 Å². The summed E-state index contributed by atoms with van der Waals surface area (Å²) in [5.74, 6) is -0.477. The fourth-order valence-corrected chi connectivity index (χ4v) is 3.97. The van der Waals surface area contributed by atoms with Gasteiger partial charge < -0.3 is 5.32 Å². The Morgan fingerprint density at radius 1 is 1.07 bits per heavy atom. The number of hydrogen-bond donors (Lipinski definition) is 1. The molecular weight excluding hydrogens is 341 g/mol. The number of anilines is 1. The summed E-state index contributed by atoms with van der Waals surface area (Å²) < 4.78 is 15.0. The Labute approximate surface area is 158 Å². The van der Waals surface area contributed by atoms with Crippen LogP contribution in [0.2, 0.25) is 0 Å². The fraction of sp³-hybridized carbons (Fsp3) is 0.273. The van der Waals surface area contributed by atoms with E-state index in [0.717, 1.165) is 53.0 Å². The number of benzene rings is 2. The van der Waals surface area contributed by atoms with Gasteiger partial charge in [-0.25, -0.2) is 9.07 Å². The first-order chi connectivity index (χ1) is 12.9. The maximum absolute atomic E-state index is 13.3. The van der Waals surface area contributed by atoms with Gasteiger partial charge in [-0.1, -0.05) is 17.7 Å². The van der Waals surface area contributed by atoms with E-state index in [1.54, 1.807) is 16.8 Å². The standard InChI is InChI=1S/C22H22FN3O/c1-13-11-14(2)20(15(3)12-13)24-22(27)21-18-5-4-6-19(18)26(25-21)17-9-7-16(23)8-10-17/h7-12H,4-6H2,1-3H3,(H,24,27). The van der Waals surface area contributed by atoms with Crippen molar-refractivity contribution in [1.82, 2.24) is 9.78 Å². The average molecular weight is 363 g/mol. The first-order valence-corrected chi connectivity index (χ1v) is 9.20. The molecule has 2 aromatic carbocycles. The minimum Gasteiger partial charge on any atom is -0.320 e. The van der Waals surface area contributed by atoms with Crippen LogP contribution in [0.1, 0.15) is 44.9 Å². The van der Waals surface area contributed by atoms with Gasteiger partial charge in [-0.05, 0) is 75.4 Å². The monoisotopic (exact) mass is 363 g/mol. The Balaban J connectivity index is 1.71. The number of nitrogens with one attached hydrogen (secondary N) is 1. The van der Waals surface area contributed by atoms with E-state index in [4.69, 9.17) is 0 Å².